The molecule has 0 spiro atoms. The summed E-state index contributed by atoms with van der Waals surface area (Å²) in [7, 11) is 0. The highest BCUT2D eigenvalue weighted by Gasteiger charge is 2.14. The van der Waals surface area contributed by atoms with Gasteiger partial charge in [0.05, 0.1) is 16.1 Å². The third-order valence-electron chi connectivity index (χ3n) is 2.06. The van der Waals surface area contributed by atoms with Crippen molar-refractivity contribution in [1.82, 2.24) is 9.97 Å². The van der Waals surface area contributed by atoms with E-state index in [1.807, 2.05) is 0 Å². The van der Waals surface area contributed by atoms with Gasteiger partial charge in [0.15, 0.2) is 0 Å². The van der Waals surface area contributed by atoms with Crippen LogP contribution in [0.1, 0.15) is 0 Å². The quantitative estimate of drug-likeness (QED) is 0.686. The third kappa shape index (κ3) is 2.86. The SMILES string of the molecule is Nc1ncc(F)c(Oc2ccc([N+](=O)[O-])cc2Cl)n1. The Hall–Kier alpha value is -2.48. The first-order valence-electron chi connectivity index (χ1n) is 4.87. The number of benzene rings is 1. The van der Waals surface area contributed by atoms with E-state index in [-0.39, 0.29) is 22.4 Å². The van der Waals surface area contributed by atoms with Crippen molar-refractivity contribution in [2.24, 2.45) is 0 Å². The molecule has 0 unspecified atom stereocenters. The number of aromatic nitrogens is 2. The van der Waals surface area contributed by atoms with Gasteiger partial charge in [0.1, 0.15) is 5.75 Å². The van der Waals surface area contributed by atoms with Crippen LogP contribution in [0.3, 0.4) is 0 Å². The monoisotopic (exact) mass is 284 g/mol. The zero-order valence-electron chi connectivity index (χ0n) is 9.21. The van der Waals surface area contributed by atoms with E-state index < -0.39 is 16.6 Å². The summed E-state index contributed by atoms with van der Waals surface area (Å²) in [6, 6.07) is 3.49. The first kappa shape index (κ1) is 13.0. The lowest BCUT2D eigenvalue weighted by atomic mass is 10.3. The third-order valence-corrected chi connectivity index (χ3v) is 2.36. The molecule has 1 aromatic heterocycles. The van der Waals surface area contributed by atoms with Crippen LogP contribution in [0.4, 0.5) is 16.0 Å². The normalized spacial score (nSPS) is 10.2. The maximum absolute atomic E-state index is 13.3. The average Bonchev–Trinajstić information content (AvgIpc) is 2.36. The number of non-ortho nitro benzene ring substituents is 1. The highest BCUT2D eigenvalue weighted by Crippen LogP contribution is 2.32. The summed E-state index contributed by atoms with van der Waals surface area (Å²) in [5.41, 5.74) is 5.08. The van der Waals surface area contributed by atoms with Crippen molar-refractivity contribution in [3.05, 3.63) is 45.4 Å². The number of nitrogens with two attached hydrogens (primary N) is 1. The summed E-state index contributed by atoms with van der Waals surface area (Å²) in [6.07, 6.45) is 0.844. The fourth-order valence-corrected chi connectivity index (χ4v) is 1.44. The number of halogens is 2. The molecule has 9 heteroatoms. The molecule has 2 rings (SSSR count). The van der Waals surface area contributed by atoms with E-state index in [1.165, 1.54) is 12.1 Å². The molecule has 0 atom stereocenters. The van der Waals surface area contributed by atoms with E-state index in [4.69, 9.17) is 22.1 Å². The first-order chi connectivity index (χ1) is 8.97. The fourth-order valence-electron chi connectivity index (χ4n) is 1.23. The zero-order valence-corrected chi connectivity index (χ0v) is 9.96. The molecular formula is C10H6ClFN4O3. The molecule has 19 heavy (non-hydrogen) atoms. The van der Waals surface area contributed by atoms with Crippen molar-refractivity contribution >= 4 is 23.2 Å². The summed E-state index contributed by atoms with van der Waals surface area (Å²) in [6.45, 7) is 0. The number of nitrogens with zero attached hydrogens (tertiary/aromatic N) is 3. The molecule has 0 fully saturated rings. The Morgan fingerprint density at radius 3 is 2.84 bits per heavy atom. The molecule has 0 radical (unpaired) electrons. The number of rotatable bonds is 3. The minimum Gasteiger partial charge on any atom is -0.435 e. The predicted molar refractivity (Wildman–Crippen MR) is 64.6 cm³/mol. The van der Waals surface area contributed by atoms with Gasteiger partial charge in [-0.2, -0.15) is 9.37 Å². The minimum atomic E-state index is -0.830. The summed E-state index contributed by atoms with van der Waals surface area (Å²) in [5, 5.41) is 10.5. The number of nitro benzene ring substituents is 1. The van der Waals surface area contributed by atoms with Crippen LogP contribution in [0.5, 0.6) is 11.6 Å². The van der Waals surface area contributed by atoms with Crippen LogP contribution in [0, 0.1) is 15.9 Å². The van der Waals surface area contributed by atoms with Gasteiger partial charge in [0, 0.05) is 12.1 Å². The van der Waals surface area contributed by atoms with Crippen molar-refractivity contribution in [2.45, 2.75) is 0 Å². The first-order valence-corrected chi connectivity index (χ1v) is 5.25. The number of nitrogen functional groups attached to an aromatic ring is 1. The summed E-state index contributed by atoms with van der Waals surface area (Å²) < 4.78 is 18.4. The highest BCUT2D eigenvalue weighted by molar-refractivity contribution is 6.32. The standard InChI is InChI=1S/C10H6ClFN4O3/c11-6-3-5(16(17)18)1-2-8(6)19-9-7(12)4-14-10(13)15-9/h1-4H,(H2,13,14,15). The van der Waals surface area contributed by atoms with E-state index in [1.54, 1.807) is 0 Å². The van der Waals surface area contributed by atoms with Crippen LogP contribution >= 0.6 is 11.6 Å². The number of hydrogen-bond acceptors (Lipinski definition) is 6. The summed E-state index contributed by atoms with van der Waals surface area (Å²) in [5.74, 6) is -1.40. The zero-order chi connectivity index (χ0) is 14.0. The van der Waals surface area contributed by atoms with Gasteiger partial charge in [0.2, 0.25) is 11.8 Å². The molecular weight excluding hydrogens is 279 g/mol. The lowest BCUT2D eigenvalue weighted by Gasteiger charge is -2.07. The van der Waals surface area contributed by atoms with E-state index in [9.17, 15) is 14.5 Å². The van der Waals surface area contributed by atoms with Gasteiger partial charge in [0.25, 0.3) is 11.6 Å². The molecule has 0 saturated heterocycles. The van der Waals surface area contributed by atoms with Gasteiger partial charge < -0.3 is 10.5 Å². The van der Waals surface area contributed by atoms with Crippen LogP contribution < -0.4 is 10.5 Å². The van der Waals surface area contributed by atoms with Gasteiger partial charge in [-0.15, -0.1) is 0 Å². The second kappa shape index (κ2) is 5.02. The van der Waals surface area contributed by atoms with Crippen molar-refractivity contribution in [3.63, 3.8) is 0 Å². The lowest BCUT2D eigenvalue weighted by molar-refractivity contribution is -0.384. The fraction of sp³-hybridized carbons (Fsp3) is 0. The molecule has 0 bridgehead atoms. The Labute approximate surface area is 111 Å². The Bertz CT molecular complexity index is 653. The number of hydrogen-bond donors (Lipinski definition) is 1. The van der Waals surface area contributed by atoms with Crippen molar-refractivity contribution in [3.8, 4) is 11.6 Å². The molecule has 2 aromatic rings. The van der Waals surface area contributed by atoms with Crippen LogP contribution in [0.2, 0.25) is 5.02 Å². The average molecular weight is 285 g/mol. The Kier molecular flexibility index (Phi) is 3.43. The van der Waals surface area contributed by atoms with Crippen LogP contribution in [0.15, 0.2) is 24.4 Å². The van der Waals surface area contributed by atoms with Gasteiger partial charge in [-0.1, -0.05) is 11.6 Å². The van der Waals surface area contributed by atoms with E-state index in [0.29, 0.717) is 0 Å². The minimum absolute atomic E-state index is 0.0178. The van der Waals surface area contributed by atoms with Crippen molar-refractivity contribution in [1.29, 1.82) is 0 Å². The Balaban J connectivity index is 2.33. The number of anilines is 1. The number of ether oxygens (including phenoxy) is 1. The second-order valence-electron chi connectivity index (χ2n) is 3.36. The molecule has 0 aliphatic heterocycles. The van der Waals surface area contributed by atoms with Crippen LogP contribution in [-0.4, -0.2) is 14.9 Å². The molecule has 1 aromatic carbocycles. The summed E-state index contributed by atoms with van der Waals surface area (Å²) in [4.78, 5) is 16.9. The Morgan fingerprint density at radius 2 is 2.21 bits per heavy atom. The van der Waals surface area contributed by atoms with Crippen LogP contribution in [0.25, 0.3) is 0 Å². The molecule has 98 valence electrons. The van der Waals surface area contributed by atoms with Gasteiger partial charge in [-0.3, -0.25) is 10.1 Å². The van der Waals surface area contributed by atoms with Crippen molar-refractivity contribution < 1.29 is 14.1 Å². The summed E-state index contributed by atoms with van der Waals surface area (Å²) >= 11 is 5.79. The largest absolute Gasteiger partial charge is 0.435 e. The van der Waals surface area contributed by atoms with Crippen molar-refractivity contribution in [2.75, 3.05) is 5.73 Å². The molecule has 0 aliphatic carbocycles. The smallest absolute Gasteiger partial charge is 0.271 e. The van der Waals surface area contributed by atoms with Gasteiger partial charge in [-0.25, -0.2) is 4.98 Å². The van der Waals surface area contributed by atoms with E-state index in [2.05, 4.69) is 9.97 Å². The maximum atomic E-state index is 13.3. The van der Waals surface area contributed by atoms with Crippen LogP contribution in [-0.2, 0) is 0 Å². The lowest BCUT2D eigenvalue weighted by Crippen LogP contribution is -1.99. The predicted octanol–water partition coefficient (Wildman–Crippen LogP) is 2.55. The highest BCUT2D eigenvalue weighted by atomic mass is 35.5. The second-order valence-corrected chi connectivity index (χ2v) is 3.76. The topological polar surface area (TPSA) is 104 Å². The molecule has 0 aliphatic rings. The van der Waals surface area contributed by atoms with E-state index >= 15 is 0 Å². The molecule has 0 amide bonds. The molecule has 2 N–H and O–H groups in total. The Morgan fingerprint density at radius 1 is 1.47 bits per heavy atom. The maximum Gasteiger partial charge on any atom is 0.271 e. The molecule has 0 saturated carbocycles. The van der Waals surface area contributed by atoms with Gasteiger partial charge in [-0.05, 0) is 6.07 Å². The van der Waals surface area contributed by atoms with Gasteiger partial charge >= 0.3 is 0 Å². The molecule has 1 heterocycles. The molecule has 7 nitrogen and oxygen atoms in total. The van der Waals surface area contributed by atoms with E-state index in [0.717, 1.165) is 12.3 Å². The number of nitro groups is 1.